The fourth-order valence-corrected chi connectivity index (χ4v) is 3.25. The molecule has 136 valence electrons. The highest BCUT2D eigenvalue weighted by atomic mass is 16.7. The molecule has 2 rings (SSSR count). The summed E-state index contributed by atoms with van der Waals surface area (Å²) in [6.45, 7) is 8.20. The van der Waals surface area contributed by atoms with Gasteiger partial charge in [0.05, 0.1) is 6.61 Å². The molecule has 0 bridgehead atoms. The Kier molecular flexibility index (Phi) is 4.31. The van der Waals surface area contributed by atoms with Crippen LogP contribution in [0.2, 0.25) is 0 Å². The summed E-state index contributed by atoms with van der Waals surface area (Å²) in [7, 11) is 0. The van der Waals surface area contributed by atoms with Crippen LogP contribution in [0.4, 0.5) is 0 Å². The monoisotopic (exact) mass is 340 g/mol. The Hall–Kier alpha value is -1.18. The van der Waals surface area contributed by atoms with Crippen LogP contribution in [-0.4, -0.2) is 55.2 Å². The van der Waals surface area contributed by atoms with Crippen molar-refractivity contribution >= 4 is 0 Å². The van der Waals surface area contributed by atoms with E-state index >= 15 is 0 Å². The second-order valence-corrected chi connectivity index (χ2v) is 7.52. The summed E-state index contributed by atoms with van der Waals surface area (Å²) < 4.78 is 11.9. The maximum absolute atomic E-state index is 11.1. The molecule has 6 heteroatoms. The van der Waals surface area contributed by atoms with Crippen LogP contribution in [0.1, 0.15) is 40.2 Å². The summed E-state index contributed by atoms with van der Waals surface area (Å²) in [6, 6.07) is 7.19. The van der Waals surface area contributed by atoms with E-state index in [1.165, 1.54) is 34.6 Å². The van der Waals surface area contributed by atoms with Crippen molar-refractivity contribution in [2.45, 2.75) is 69.7 Å². The molecule has 0 amide bonds. The molecular weight excluding hydrogens is 312 g/mol. The summed E-state index contributed by atoms with van der Waals surface area (Å²) >= 11 is 0. The zero-order chi connectivity index (χ0) is 18.6. The first-order valence-electron chi connectivity index (χ1n) is 7.98. The Morgan fingerprint density at radius 3 is 1.96 bits per heavy atom. The molecule has 0 radical (unpaired) electrons. The van der Waals surface area contributed by atoms with E-state index in [2.05, 4.69) is 0 Å². The number of benzene rings is 1. The minimum atomic E-state index is -2.03. The smallest absolute Gasteiger partial charge is 0.240 e. The van der Waals surface area contributed by atoms with Crippen molar-refractivity contribution in [3.05, 3.63) is 29.8 Å². The number of hydrogen-bond acceptors (Lipinski definition) is 6. The van der Waals surface area contributed by atoms with Gasteiger partial charge in [-0.15, -0.1) is 0 Å². The number of hydrogen-bond donors (Lipinski definition) is 4. The second kappa shape index (κ2) is 5.41. The minimum Gasteiger partial charge on any atom is -0.459 e. The molecule has 1 aromatic carbocycles. The van der Waals surface area contributed by atoms with Crippen LogP contribution in [0.25, 0.3) is 0 Å². The fourth-order valence-electron chi connectivity index (χ4n) is 3.25. The summed E-state index contributed by atoms with van der Waals surface area (Å²) in [5.41, 5.74) is -6.70. The number of aliphatic hydroxyl groups is 4. The van der Waals surface area contributed by atoms with Gasteiger partial charge in [-0.25, -0.2) is 0 Å². The van der Waals surface area contributed by atoms with Crippen LogP contribution in [0, 0.1) is 6.92 Å². The average molecular weight is 340 g/mol. The molecular formula is C18H28O6. The molecule has 24 heavy (non-hydrogen) atoms. The van der Waals surface area contributed by atoms with Gasteiger partial charge in [-0.05, 0) is 46.2 Å². The number of aryl methyl sites for hydroxylation is 1. The molecule has 6 nitrogen and oxygen atoms in total. The first-order chi connectivity index (χ1) is 10.8. The standard InChI is InChI=1S/C18H28O6/c1-12-9-7-8-10-13(12)23-18(6)17(5,22)16(4,21)15(3,20)14(2,11-19)24-18/h7-10,19-22H,11H2,1-6H3/t14?,15-,16?,17?,18+/m0/s1. The third kappa shape index (κ3) is 2.29. The van der Waals surface area contributed by atoms with Crippen LogP contribution >= 0.6 is 0 Å². The lowest BCUT2D eigenvalue weighted by Crippen LogP contribution is -2.85. The number of aliphatic hydroxyl groups excluding tert-OH is 1. The molecule has 4 N–H and O–H groups in total. The Morgan fingerprint density at radius 2 is 1.46 bits per heavy atom. The third-order valence-corrected chi connectivity index (χ3v) is 5.93. The van der Waals surface area contributed by atoms with Crippen LogP contribution in [0.15, 0.2) is 24.3 Å². The van der Waals surface area contributed by atoms with Gasteiger partial charge >= 0.3 is 0 Å². The van der Waals surface area contributed by atoms with E-state index in [1.807, 2.05) is 19.1 Å². The van der Waals surface area contributed by atoms with Gasteiger partial charge in [0.2, 0.25) is 5.79 Å². The van der Waals surface area contributed by atoms with Crippen molar-refractivity contribution in [3.63, 3.8) is 0 Å². The second-order valence-electron chi connectivity index (χ2n) is 7.52. The molecule has 1 heterocycles. The summed E-state index contributed by atoms with van der Waals surface area (Å²) in [6.07, 6.45) is 0. The van der Waals surface area contributed by atoms with Crippen molar-refractivity contribution in [1.82, 2.24) is 0 Å². The normalized spacial score (nSPS) is 45.9. The lowest BCUT2D eigenvalue weighted by molar-refractivity contribution is -0.441. The summed E-state index contributed by atoms with van der Waals surface area (Å²) in [4.78, 5) is 0. The lowest BCUT2D eigenvalue weighted by atomic mass is 9.61. The largest absolute Gasteiger partial charge is 0.459 e. The third-order valence-electron chi connectivity index (χ3n) is 5.93. The van der Waals surface area contributed by atoms with Crippen molar-refractivity contribution in [3.8, 4) is 5.75 Å². The van der Waals surface area contributed by atoms with E-state index in [4.69, 9.17) is 9.47 Å². The number of ether oxygens (including phenoxy) is 2. The minimum absolute atomic E-state index is 0.470. The van der Waals surface area contributed by atoms with Crippen LogP contribution < -0.4 is 4.74 Å². The van der Waals surface area contributed by atoms with Gasteiger partial charge in [-0.2, -0.15) is 0 Å². The Morgan fingerprint density at radius 1 is 0.917 bits per heavy atom. The number of rotatable bonds is 3. The molecule has 3 unspecified atom stereocenters. The topological polar surface area (TPSA) is 99.4 Å². The Bertz CT molecular complexity index is 624. The van der Waals surface area contributed by atoms with E-state index < -0.39 is 34.8 Å². The molecule has 1 aromatic rings. The summed E-state index contributed by atoms with van der Waals surface area (Å²) in [5.74, 6) is -1.25. The van der Waals surface area contributed by atoms with E-state index in [-0.39, 0.29) is 0 Å². The van der Waals surface area contributed by atoms with Crippen LogP contribution in [0.3, 0.4) is 0 Å². The highest BCUT2D eigenvalue weighted by Gasteiger charge is 2.75. The predicted octanol–water partition coefficient (Wildman–Crippen LogP) is 1.12. The Labute approximate surface area is 142 Å². The molecule has 1 saturated heterocycles. The van der Waals surface area contributed by atoms with Gasteiger partial charge in [0.25, 0.3) is 0 Å². The van der Waals surface area contributed by atoms with Gasteiger partial charge < -0.3 is 29.9 Å². The van der Waals surface area contributed by atoms with Crippen molar-refractivity contribution in [2.75, 3.05) is 6.61 Å². The highest BCUT2D eigenvalue weighted by Crippen LogP contribution is 2.53. The molecule has 1 aliphatic heterocycles. The van der Waals surface area contributed by atoms with Crippen molar-refractivity contribution < 1.29 is 29.9 Å². The van der Waals surface area contributed by atoms with Gasteiger partial charge in [0.15, 0.2) is 5.60 Å². The Balaban J connectivity index is 2.59. The van der Waals surface area contributed by atoms with E-state index in [1.54, 1.807) is 12.1 Å². The maximum atomic E-state index is 11.1. The van der Waals surface area contributed by atoms with Crippen molar-refractivity contribution in [1.29, 1.82) is 0 Å². The fraction of sp³-hybridized carbons (Fsp3) is 0.667. The highest BCUT2D eigenvalue weighted by molar-refractivity contribution is 5.33. The van der Waals surface area contributed by atoms with Crippen molar-refractivity contribution in [2.24, 2.45) is 0 Å². The van der Waals surface area contributed by atoms with Gasteiger partial charge in [-0.3, -0.25) is 0 Å². The van der Waals surface area contributed by atoms with Gasteiger partial charge in [0.1, 0.15) is 22.6 Å². The van der Waals surface area contributed by atoms with Gasteiger partial charge in [-0.1, -0.05) is 18.2 Å². The molecule has 0 aromatic heterocycles. The average Bonchev–Trinajstić information content (AvgIpc) is 2.47. The van der Waals surface area contributed by atoms with E-state index in [0.29, 0.717) is 5.75 Å². The zero-order valence-corrected chi connectivity index (χ0v) is 15.1. The van der Waals surface area contributed by atoms with E-state index in [9.17, 15) is 20.4 Å². The molecule has 0 spiro atoms. The lowest BCUT2D eigenvalue weighted by Gasteiger charge is -2.64. The molecule has 0 saturated carbocycles. The van der Waals surface area contributed by atoms with Crippen LogP contribution in [-0.2, 0) is 4.74 Å². The molecule has 5 atom stereocenters. The molecule has 1 fully saturated rings. The predicted molar refractivity (Wildman–Crippen MR) is 88.7 cm³/mol. The quantitative estimate of drug-likeness (QED) is 0.658. The SMILES string of the molecule is Cc1ccccc1O[C@]1(C)OC(C)(CO)[C@](C)(O)C(C)(O)C1(C)O. The number of para-hydroxylation sites is 1. The first kappa shape index (κ1) is 19.1. The van der Waals surface area contributed by atoms with Gasteiger partial charge in [0, 0.05) is 6.92 Å². The molecule has 1 aliphatic rings. The first-order valence-corrected chi connectivity index (χ1v) is 7.98. The van der Waals surface area contributed by atoms with Crippen LogP contribution in [0.5, 0.6) is 5.75 Å². The van der Waals surface area contributed by atoms with E-state index in [0.717, 1.165) is 5.56 Å². The maximum Gasteiger partial charge on any atom is 0.240 e. The zero-order valence-electron chi connectivity index (χ0n) is 15.1. The molecule has 0 aliphatic carbocycles. The summed E-state index contributed by atoms with van der Waals surface area (Å²) in [5, 5.41) is 42.8.